The largest absolute Gasteiger partial charge is 0.330 e. The molecule has 2 amide bonds. The molecule has 2 aliphatic rings. The molecular weight excluding hydrogens is 464 g/mol. The van der Waals surface area contributed by atoms with E-state index in [-0.39, 0.29) is 35.5 Å². The molecular formula is C24H27F2N3O4S. The first-order valence-electron chi connectivity index (χ1n) is 11.3. The van der Waals surface area contributed by atoms with Crippen LogP contribution in [0.2, 0.25) is 0 Å². The summed E-state index contributed by atoms with van der Waals surface area (Å²) in [5.41, 5.74) is 1.09. The number of carbonyl (C=O) groups is 2. The molecule has 2 aromatic carbocycles. The quantitative estimate of drug-likeness (QED) is 0.695. The van der Waals surface area contributed by atoms with Crippen LogP contribution in [0.25, 0.3) is 0 Å². The summed E-state index contributed by atoms with van der Waals surface area (Å²) in [6.07, 6.45) is 1.88. The monoisotopic (exact) mass is 491 g/mol. The molecule has 7 nitrogen and oxygen atoms in total. The van der Waals surface area contributed by atoms with Gasteiger partial charge < -0.3 is 10.2 Å². The Bertz CT molecular complexity index is 1180. The van der Waals surface area contributed by atoms with Gasteiger partial charge in [-0.25, -0.2) is 17.2 Å². The van der Waals surface area contributed by atoms with Gasteiger partial charge in [0.05, 0.1) is 4.90 Å². The minimum atomic E-state index is -3.63. The van der Waals surface area contributed by atoms with Crippen LogP contribution >= 0.6 is 0 Å². The lowest BCUT2D eigenvalue weighted by Gasteiger charge is -2.34. The van der Waals surface area contributed by atoms with Crippen molar-refractivity contribution < 1.29 is 26.8 Å². The summed E-state index contributed by atoms with van der Waals surface area (Å²) in [6.45, 7) is 2.77. The highest BCUT2D eigenvalue weighted by Gasteiger charge is 2.39. The summed E-state index contributed by atoms with van der Waals surface area (Å²) in [4.78, 5) is 27.7. The number of rotatable bonds is 5. The third kappa shape index (κ3) is 4.97. The molecule has 0 spiro atoms. The van der Waals surface area contributed by atoms with Crippen molar-refractivity contribution in [3.05, 3.63) is 59.7 Å². The lowest BCUT2D eigenvalue weighted by molar-refractivity contribution is -0.141. The molecule has 4 rings (SSSR count). The number of hydrogen-bond acceptors (Lipinski definition) is 4. The van der Waals surface area contributed by atoms with Gasteiger partial charge in [-0.2, -0.15) is 4.31 Å². The predicted molar refractivity (Wildman–Crippen MR) is 122 cm³/mol. The van der Waals surface area contributed by atoms with Gasteiger partial charge in [-0.1, -0.05) is 17.7 Å². The van der Waals surface area contributed by atoms with Crippen molar-refractivity contribution in [2.24, 2.45) is 5.92 Å². The fourth-order valence-electron chi connectivity index (χ4n) is 4.54. The highest BCUT2D eigenvalue weighted by molar-refractivity contribution is 7.89. The average Bonchev–Trinajstić information content (AvgIpc) is 3.31. The van der Waals surface area contributed by atoms with Crippen molar-refractivity contribution in [2.75, 3.05) is 25.0 Å². The number of likely N-dealkylation sites (tertiary alicyclic amines) is 1. The SMILES string of the molecule is Cc1ccc(S(=O)(=O)N2CCC(C(=O)N3CCCC3C(=O)Nc3ccc(F)c(F)c3)CC2)cc1. The molecule has 0 radical (unpaired) electrons. The number of anilines is 1. The third-order valence-electron chi connectivity index (χ3n) is 6.49. The van der Waals surface area contributed by atoms with Gasteiger partial charge >= 0.3 is 0 Å². The first kappa shape index (κ1) is 24.3. The minimum absolute atomic E-state index is 0.123. The van der Waals surface area contributed by atoms with Gasteiger partial charge in [0, 0.05) is 37.3 Å². The van der Waals surface area contributed by atoms with E-state index in [2.05, 4.69) is 5.32 Å². The number of piperidine rings is 1. The Balaban J connectivity index is 1.37. The van der Waals surface area contributed by atoms with Crippen molar-refractivity contribution in [3.63, 3.8) is 0 Å². The number of sulfonamides is 1. The van der Waals surface area contributed by atoms with Gasteiger partial charge in [0.2, 0.25) is 21.8 Å². The van der Waals surface area contributed by atoms with E-state index in [4.69, 9.17) is 0 Å². The van der Waals surface area contributed by atoms with Gasteiger partial charge in [0.15, 0.2) is 11.6 Å². The van der Waals surface area contributed by atoms with E-state index in [0.717, 1.165) is 17.7 Å². The number of aryl methyl sites for hydroxylation is 1. The van der Waals surface area contributed by atoms with Crippen molar-refractivity contribution in [2.45, 2.75) is 43.5 Å². The highest BCUT2D eigenvalue weighted by Crippen LogP contribution is 2.29. The Morgan fingerprint density at radius 2 is 1.62 bits per heavy atom. The van der Waals surface area contributed by atoms with Crippen LogP contribution in [0.1, 0.15) is 31.2 Å². The third-order valence-corrected chi connectivity index (χ3v) is 8.40. The van der Waals surface area contributed by atoms with Crippen LogP contribution in [-0.4, -0.2) is 55.1 Å². The van der Waals surface area contributed by atoms with Gasteiger partial charge in [-0.15, -0.1) is 0 Å². The van der Waals surface area contributed by atoms with Crippen molar-refractivity contribution in [3.8, 4) is 0 Å². The van der Waals surface area contributed by atoms with Gasteiger partial charge in [-0.05, 0) is 56.9 Å². The molecule has 2 saturated heterocycles. The maximum absolute atomic E-state index is 13.5. The Hall–Kier alpha value is -2.85. The van der Waals surface area contributed by atoms with Crippen LogP contribution in [0.15, 0.2) is 47.4 Å². The number of amides is 2. The maximum atomic E-state index is 13.5. The second-order valence-corrected chi connectivity index (χ2v) is 10.7. The minimum Gasteiger partial charge on any atom is -0.330 e. The molecule has 0 bridgehead atoms. The molecule has 0 aromatic heterocycles. The van der Waals surface area contributed by atoms with E-state index in [1.54, 1.807) is 24.3 Å². The standard InChI is InChI=1S/C24H27F2N3O4S/c1-16-4-7-19(8-5-16)34(32,33)28-13-10-17(11-14-28)24(31)29-12-2-3-22(29)23(30)27-18-6-9-20(25)21(26)15-18/h4-9,15,17,22H,2-3,10-14H2,1H3,(H,27,30). The van der Waals surface area contributed by atoms with E-state index >= 15 is 0 Å². The van der Waals surface area contributed by atoms with E-state index in [1.165, 1.54) is 15.3 Å². The van der Waals surface area contributed by atoms with Crippen molar-refractivity contribution in [1.82, 2.24) is 9.21 Å². The second-order valence-electron chi connectivity index (χ2n) is 8.80. The molecule has 182 valence electrons. The topological polar surface area (TPSA) is 86.8 Å². The van der Waals surface area contributed by atoms with E-state index in [0.29, 0.717) is 32.2 Å². The Morgan fingerprint density at radius 3 is 2.26 bits per heavy atom. The van der Waals surface area contributed by atoms with Crippen molar-refractivity contribution >= 4 is 27.5 Å². The summed E-state index contributed by atoms with van der Waals surface area (Å²) in [7, 11) is -3.63. The fourth-order valence-corrected chi connectivity index (χ4v) is 6.01. The summed E-state index contributed by atoms with van der Waals surface area (Å²) in [6, 6.07) is 9.07. The molecule has 1 unspecified atom stereocenters. The Labute approximate surface area is 197 Å². The van der Waals surface area contributed by atoms with E-state index < -0.39 is 33.6 Å². The summed E-state index contributed by atoms with van der Waals surface area (Å²) >= 11 is 0. The van der Waals surface area contributed by atoms with Crippen LogP contribution in [0.5, 0.6) is 0 Å². The number of nitrogens with zero attached hydrogens (tertiary/aromatic N) is 2. The Morgan fingerprint density at radius 1 is 0.941 bits per heavy atom. The first-order chi connectivity index (χ1) is 16.2. The van der Waals surface area contributed by atoms with E-state index in [9.17, 15) is 26.8 Å². The molecule has 34 heavy (non-hydrogen) atoms. The molecule has 2 heterocycles. The number of benzene rings is 2. The van der Waals surface area contributed by atoms with Crippen molar-refractivity contribution in [1.29, 1.82) is 0 Å². The molecule has 0 saturated carbocycles. The molecule has 0 aliphatic carbocycles. The van der Waals surface area contributed by atoms with Gasteiger partial charge in [-0.3, -0.25) is 9.59 Å². The lowest BCUT2D eigenvalue weighted by atomic mass is 9.96. The zero-order valence-corrected chi connectivity index (χ0v) is 19.7. The molecule has 2 fully saturated rings. The van der Waals surface area contributed by atoms with Gasteiger partial charge in [0.1, 0.15) is 6.04 Å². The fraction of sp³-hybridized carbons (Fsp3) is 0.417. The number of carbonyl (C=O) groups excluding carboxylic acids is 2. The number of nitrogens with one attached hydrogen (secondary N) is 1. The maximum Gasteiger partial charge on any atom is 0.247 e. The number of hydrogen-bond donors (Lipinski definition) is 1. The van der Waals surface area contributed by atoms with Crippen LogP contribution < -0.4 is 5.32 Å². The van der Waals surface area contributed by atoms with Gasteiger partial charge in [0.25, 0.3) is 0 Å². The summed E-state index contributed by atoms with van der Waals surface area (Å²) < 4.78 is 53.8. The zero-order chi connectivity index (χ0) is 24.5. The van der Waals surface area contributed by atoms with Crippen LogP contribution in [-0.2, 0) is 19.6 Å². The smallest absolute Gasteiger partial charge is 0.247 e. The van der Waals surface area contributed by atoms with Crippen LogP contribution in [0.3, 0.4) is 0 Å². The lowest BCUT2D eigenvalue weighted by Crippen LogP contribution is -2.48. The Kier molecular flexibility index (Phi) is 6.99. The molecule has 1 atom stereocenters. The molecule has 2 aromatic rings. The molecule has 2 aliphatic heterocycles. The molecule has 1 N–H and O–H groups in total. The second kappa shape index (κ2) is 9.79. The number of halogens is 2. The average molecular weight is 492 g/mol. The highest BCUT2D eigenvalue weighted by atomic mass is 32.2. The molecule has 10 heteroatoms. The zero-order valence-electron chi connectivity index (χ0n) is 18.8. The predicted octanol–water partition coefficient (Wildman–Crippen LogP) is 3.30. The summed E-state index contributed by atoms with van der Waals surface area (Å²) in [5.74, 6) is -3.07. The van der Waals surface area contributed by atoms with Crippen LogP contribution in [0.4, 0.5) is 14.5 Å². The van der Waals surface area contributed by atoms with Crippen LogP contribution in [0, 0.1) is 24.5 Å². The summed E-state index contributed by atoms with van der Waals surface area (Å²) in [5, 5.41) is 2.56. The first-order valence-corrected chi connectivity index (χ1v) is 12.7. The van der Waals surface area contributed by atoms with E-state index in [1.807, 2.05) is 6.92 Å². The normalized spacial score (nSPS) is 19.9.